The number of ether oxygens (including phenoxy) is 1. The summed E-state index contributed by atoms with van der Waals surface area (Å²) in [4.78, 5) is 11.9. The van der Waals surface area contributed by atoms with Crippen LogP contribution in [0.15, 0.2) is 47.1 Å². The molecule has 0 saturated heterocycles. The highest BCUT2D eigenvalue weighted by Gasteiger charge is 2.11. The molecular weight excluding hydrogens is 218 g/mol. The Kier molecular flexibility index (Phi) is 3.57. The van der Waals surface area contributed by atoms with E-state index in [1.54, 1.807) is 36.4 Å². The second-order valence-corrected chi connectivity index (χ2v) is 3.47. The number of hydrogen-bond donors (Lipinski definition) is 1. The SMILES string of the molecule is NCCOc1ccc(C(=O)c2ccco2)cc1. The minimum Gasteiger partial charge on any atom is -0.492 e. The van der Waals surface area contributed by atoms with Gasteiger partial charge in [-0.25, -0.2) is 0 Å². The molecule has 17 heavy (non-hydrogen) atoms. The first-order valence-electron chi connectivity index (χ1n) is 5.32. The maximum Gasteiger partial charge on any atom is 0.228 e. The Hall–Kier alpha value is -2.07. The molecular formula is C13H13NO3. The molecule has 0 aliphatic carbocycles. The highest BCUT2D eigenvalue weighted by atomic mass is 16.5. The Morgan fingerprint density at radius 2 is 2.00 bits per heavy atom. The first-order chi connectivity index (χ1) is 8.31. The Morgan fingerprint density at radius 3 is 2.59 bits per heavy atom. The normalized spacial score (nSPS) is 10.2. The molecule has 0 saturated carbocycles. The zero-order valence-electron chi connectivity index (χ0n) is 9.26. The van der Waals surface area contributed by atoms with Crippen molar-refractivity contribution in [3.05, 3.63) is 54.0 Å². The van der Waals surface area contributed by atoms with E-state index in [4.69, 9.17) is 14.9 Å². The summed E-state index contributed by atoms with van der Waals surface area (Å²) < 4.78 is 10.4. The van der Waals surface area contributed by atoms with Gasteiger partial charge >= 0.3 is 0 Å². The molecule has 0 radical (unpaired) electrons. The van der Waals surface area contributed by atoms with Crippen molar-refractivity contribution >= 4 is 5.78 Å². The van der Waals surface area contributed by atoms with E-state index in [-0.39, 0.29) is 5.78 Å². The van der Waals surface area contributed by atoms with Gasteiger partial charge in [0.1, 0.15) is 12.4 Å². The van der Waals surface area contributed by atoms with Gasteiger partial charge in [-0.1, -0.05) is 0 Å². The van der Waals surface area contributed by atoms with E-state index in [1.165, 1.54) is 6.26 Å². The topological polar surface area (TPSA) is 65.5 Å². The van der Waals surface area contributed by atoms with E-state index >= 15 is 0 Å². The van der Waals surface area contributed by atoms with Crippen LogP contribution in [0.3, 0.4) is 0 Å². The van der Waals surface area contributed by atoms with Gasteiger partial charge in [0.15, 0.2) is 5.76 Å². The largest absolute Gasteiger partial charge is 0.492 e. The van der Waals surface area contributed by atoms with Crippen LogP contribution in [0, 0.1) is 0 Å². The predicted octanol–water partition coefficient (Wildman–Crippen LogP) is 1.85. The van der Waals surface area contributed by atoms with Crippen LogP contribution in [-0.2, 0) is 0 Å². The summed E-state index contributed by atoms with van der Waals surface area (Å²) in [5, 5.41) is 0. The number of hydrogen-bond acceptors (Lipinski definition) is 4. The maximum atomic E-state index is 11.9. The number of ketones is 1. The van der Waals surface area contributed by atoms with E-state index in [9.17, 15) is 4.79 Å². The molecule has 2 N–H and O–H groups in total. The molecule has 0 spiro atoms. The van der Waals surface area contributed by atoms with Crippen molar-refractivity contribution in [2.75, 3.05) is 13.2 Å². The van der Waals surface area contributed by atoms with Gasteiger partial charge in [0, 0.05) is 12.1 Å². The Balaban J connectivity index is 2.10. The maximum absolute atomic E-state index is 11.9. The smallest absolute Gasteiger partial charge is 0.228 e. The third-order valence-electron chi connectivity index (χ3n) is 2.25. The first kappa shape index (κ1) is 11.4. The molecule has 4 heteroatoms. The number of furan rings is 1. The molecule has 4 nitrogen and oxygen atoms in total. The van der Waals surface area contributed by atoms with Gasteiger partial charge in [-0.15, -0.1) is 0 Å². The summed E-state index contributed by atoms with van der Waals surface area (Å²) in [6, 6.07) is 10.2. The summed E-state index contributed by atoms with van der Waals surface area (Å²) in [6.07, 6.45) is 1.48. The predicted molar refractivity (Wildman–Crippen MR) is 63.1 cm³/mol. The van der Waals surface area contributed by atoms with Gasteiger partial charge in [-0.05, 0) is 36.4 Å². The molecule has 2 aromatic rings. The van der Waals surface area contributed by atoms with Crippen molar-refractivity contribution in [2.45, 2.75) is 0 Å². The minimum absolute atomic E-state index is 0.139. The minimum atomic E-state index is -0.139. The van der Waals surface area contributed by atoms with Crippen LogP contribution < -0.4 is 10.5 Å². The fraction of sp³-hybridized carbons (Fsp3) is 0.154. The molecule has 1 aromatic heterocycles. The third-order valence-corrected chi connectivity index (χ3v) is 2.25. The molecule has 0 bridgehead atoms. The lowest BCUT2D eigenvalue weighted by Gasteiger charge is -2.04. The number of carbonyl (C=O) groups is 1. The molecule has 0 aliphatic rings. The summed E-state index contributed by atoms with van der Waals surface area (Å²) in [5.41, 5.74) is 5.90. The number of benzene rings is 1. The van der Waals surface area contributed by atoms with Crippen LogP contribution in [0.2, 0.25) is 0 Å². The third kappa shape index (κ3) is 2.73. The average Bonchev–Trinajstić information content (AvgIpc) is 2.90. The van der Waals surface area contributed by atoms with Crippen molar-refractivity contribution in [3.63, 3.8) is 0 Å². The van der Waals surface area contributed by atoms with Crippen molar-refractivity contribution in [1.29, 1.82) is 0 Å². The highest BCUT2D eigenvalue weighted by Crippen LogP contribution is 2.15. The van der Waals surface area contributed by atoms with Crippen LogP contribution >= 0.6 is 0 Å². The lowest BCUT2D eigenvalue weighted by molar-refractivity contribution is 0.101. The van der Waals surface area contributed by atoms with E-state index in [0.717, 1.165) is 0 Å². The lowest BCUT2D eigenvalue weighted by atomic mass is 10.1. The second kappa shape index (κ2) is 5.32. The fourth-order valence-electron chi connectivity index (χ4n) is 1.43. The Labute approximate surface area is 99.0 Å². The van der Waals surface area contributed by atoms with Crippen LogP contribution in [0.1, 0.15) is 16.1 Å². The lowest BCUT2D eigenvalue weighted by Crippen LogP contribution is -2.10. The summed E-state index contributed by atoms with van der Waals surface area (Å²) in [7, 11) is 0. The Morgan fingerprint density at radius 1 is 1.24 bits per heavy atom. The summed E-state index contributed by atoms with van der Waals surface area (Å²) >= 11 is 0. The highest BCUT2D eigenvalue weighted by molar-refractivity contribution is 6.07. The van der Waals surface area contributed by atoms with Crippen LogP contribution in [0.4, 0.5) is 0 Å². The monoisotopic (exact) mass is 231 g/mol. The molecule has 0 unspecified atom stereocenters. The molecule has 1 aromatic carbocycles. The number of nitrogens with two attached hydrogens (primary N) is 1. The molecule has 88 valence electrons. The Bertz CT molecular complexity index is 474. The zero-order chi connectivity index (χ0) is 12.1. The molecule has 0 aliphatic heterocycles. The summed E-state index contributed by atoms with van der Waals surface area (Å²) in [6.45, 7) is 0.929. The van der Waals surface area contributed by atoms with Crippen LogP contribution in [0.25, 0.3) is 0 Å². The van der Waals surface area contributed by atoms with Gasteiger partial charge in [0.2, 0.25) is 5.78 Å². The van der Waals surface area contributed by atoms with Gasteiger partial charge in [0.05, 0.1) is 6.26 Å². The van der Waals surface area contributed by atoms with Crippen molar-refractivity contribution < 1.29 is 13.9 Å². The quantitative estimate of drug-likeness (QED) is 0.797. The van der Waals surface area contributed by atoms with Crippen molar-refractivity contribution in [3.8, 4) is 5.75 Å². The van der Waals surface area contributed by atoms with Gasteiger partial charge in [0.25, 0.3) is 0 Å². The number of rotatable bonds is 5. The summed E-state index contributed by atoms with van der Waals surface area (Å²) in [5.74, 6) is 0.896. The van der Waals surface area contributed by atoms with Gasteiger partial charge in [-0.2, -0.15) is 0 Å². The number of carbonyl (C=O) groups excluding carboxylic acids is 1. The molecule has 0 amide bonds. The second-order valence-electron chi connectivity index (χ2n) is 3.47. The average molecular weight is 231 g/mol. The van der Waals surface area contributed by atoms with Crippen molar-refractivity contribution in [2.24, 2.45) is 5.73 Å². The van der Waals surface area contributed by atoms with E-state index in [1.807, 2.05) is 0 Å². The van der Waals surface area contributed by atoms with E-state index < -0.39 is 0 Å². The van der Waals surface area contributed by atoms with Gasteiger partial charge in [-0.3, -0.25) is 4.79 Å². The standard InChI is InChI=1S/C13H13NO3/c14-7-9-16-11-5-3-10(4-6-11)13(15)12-2-1-8-17-12/h1-6,8H,7,9,14H2. The zero-order valence-corrected chi connectivity index (χ0v) is 9.26. The molecule has 0 fully saturated rings. The van der Waals surface area contributed by atoms with E-state index in [0.29, 0.717) is 30.2 Å². The van der Waals surface area contributed by atoms with Gasteiger partial charge < -0.3 is 14.9 Å². The molecule has 1 heterocycles. The van der Waals surface area contributed by atoms with Crippen molar-refractivity contribution in [1.82, 2.24) is 0 Å². The van der Waals surface area contributed by atoms with Crippen LogP contribution in [-0.4, -0.2) is 18.9 Å². The first-order valence-corrected chi connectivity index (χ1v) is 5.32. The van der Waals surface area contributed by atoms with Crippen LogP contribution in [0.5, 0.6) is 5.75 Å². The van der Waals surface area contributed by atoms with E-state index in [2.05, 4.69) is 0 Å². The molecule has 0 atom stereocenters. The fourth-order valence-corrected chi connectivity index (χ4v) is 1.43. The molecule has 2 rings (SSSR count).